The van der Waals surface area contributed by atoms with Gasteiger partial charge in [-0.15, -0.1) is 0 Å². The van der Waals surface area contributed by atoms with Crippen molar-refractivity contribution in [3.63, 3.8) is 0 Å². The highest BCUT2D eigenvalue weighted by Crippen LogP contribution is 2.22. The van der Waals surface area contributed by atoms with Crippen LogP contribution in [0.1, 0.15) is 5.56 Å². The van der Waals surface area contributed by atoms with E-state index in [0.29, 0.717) is 6.29 Å². The molecule has 0 aliphatic carbocycles. The number of aliphatic imine (C=N–C) groups is 1. The van der Waals surface area contributed by atoms with Crippen molar-refractivity contribution in [2.75, 3.05) is 7.11 Å². The molecule has 0 amide bonds. The SMILES string of the molecule is COc1ccc(N=CC=O)c(C)c1. The van der Waals surface area contributed by atoms with E-state index in [-0.39, 0.29) is 0 Å². The third-order valence-electron chi connectivity index (χ3n) is 1.68. The number of hydrogen-bond acceptors (Lipinski definition) is 3. The van der Waals surface area contributed by atoms with Crippen LogP contribution in [0.4, 0.5) is 5.69 Å². The van der Waals surface area contributed by atoms with E-state index in [4.69, 9.17) is 4.74 Å². The molecule has 0 aromatic heterocycles. The van der Waals surface area contributed by atoms with E-state index in [2.05, 4.69) is 4.99 Å². The van der Waals surface area contributed by atoms with Gasteiger partial charge in [0.05, 0.1) is 19.0 Å². The molecule has 68 valence electrons. The fourth-order valence-corrected chi connectivity index (χ4v) is 1.01. The van der Waals surface area contributed by atoms with Gasteiger partial charge >= 0.3 is 0 Å². The van der Waals surface area contributed by atoms with E-state index < -0.39 is 0 Å². The van der Waals surface area contributed by atoms with Crippen LogP contribution < -0.4 is 4.74 Å². The summed E-state index contributed by atoms with van der Waals surface area (Å²) >= 11 is 0. The summed E-state index contributed by atoms with van der Waals surface area (Å²) in [6.07, 6.45) is 1.89. The highest BCUT2D eigenvalue weighted by Gasteiger charge is 1.96. The Balaban J connectivity index is 2.98. The molecule has 0 fully saturated rings. The maximum absolute atomic E-state index is 10.0. The summed E-state index contributed by atoms with van der Waals surface area (Å²) in [6, 6.07) is 5.50. The molecular weight excluding hydrogens is 166 g/mol. The number of nitrogens with zero attached hydrogens (tertiary/aromatic N) is 1. The van der Waals surface area contributed by atoms with Gasteiger partial charge in [-0.1, -0.05) is 0 Å². The molecule has 3 nitrogen and oxygen atoms in total. The second-order valence-corrected chi connectivity index (χ2v) is 2.57. The molecule has 0 heterocycles. The van der Waals surface area contributed by atoms with E-state index in [1.807, 2.05) is 25.1 Å². The molecule has 0 aliphatic rings. The smallest absolute Gasteiger partial charge is 0.161 e. The van der Waals surface area contributed by atoms with Crippen molar-refractivity contribution in [2.45, 2.75) is 6.92 Å². The Morgan fingerprint density at radius 1 is 1.46 bits per heavy atom. The summed E-state index contributed by atoms with van der Waals surface area (Å²) in [5.41, 5.74) is 1.77. The second kappa shape index (κ2) is 4.40. The fourth-order valence-electron chi connectivity index (χ4n) is 1.01. The number of methoxy groups -OCH3 is 1. The van der Waals surface area contributed by atoms with E-state index in [1.165, 1.54) is 6.21 Å². The van der Waals surface area contributed by atoms with Crippen LogP contribution in [0.15, 0.2) is 23.2 Å². The lowest BCUT2D eigenvalue weighted by Crippen LogP contribution is -1.83. The molecule has 0 atom stereocenters. The quantitative estimate of drug-likeness (QED) is 0.522. The number of carbonyl (C=O) groups excluding carboxylic acids is 1. The van der Waals surface area contributed by atoms with E-state index in [0.717, 1.165) is 17.0 Å². The third kappa shape index (κ3) is 2.40. The van der Waals surface area contributed by atoms with Crippen molar-refractivity contribution in [3.8, 4) is 5.75 Å². The van der Waals surface area contributed by atoms with Crippen LogP contribution in [-0.4, -0.2) is 19.6 Å². The molecule has 1 aromatic rings. The minimum absolute atomic E-state index is 0.656. The van der Waals surface area contributed by atoms with Crippen LogP contribution >= 0.6 is 0 Å². The predicted octanol–water partition coefficient (Wildman–Crippen LogP) is 1.90. The summed E-state index contributed by atoms with van der Waals surface area (Å²) in [7, 11) is 1.61. The third-order valence-corrected chi connectivity index (χ3v) is 1.68. The molecule has 0 saturated heterocycles. The Morgan fingerprint density at radius 2 is 2.23 bits per heavy atom. The van der Waals surface area contributed by atoms with Crippen molar-refractivity contribution in [2.24, 2.45) is 4.99 Å². The van der Waals surface area contributed by atoms with Gasteiger partial charge in [0, 0.05) is 0 Å². The predicted molar refractivity (Wildman–Crippen MR) is 51.9 cm³/mol. The van der Waals surface area contributed by atoms with Crippen LogP contribution in [0.25, 0.3) is 0 Å². The fraction of sp³-hybridized carbons (Fsp3) is 0.200. The molecule has 1 rings (SSSR count). The first-order valence-corrected chi connectivity index (χ1v) is 3.90. The summed E-state index contributed by atoms with van der Waals surface area (Å²) in [5, 5.41) is 0. The van der Waals surface area contributed by atoms with Crippen molar-refractivity contribution < 1.29 is 9.53 Å². The molecular formula is C10H11NO2. The van der Waals surface area contributed by atoms with E-state index in [9.17, 15) is 4.79 Å². The van der Waals surface area contributed by atoms with Crippen LogP contribution in [0.3, 0.4) is 0 Å². The largest absolute Gasteiger partial charge is 0.497 e. The Hall–Kier alpha value is -1.64. The Morgan fingerprint density at radius 3 is 2.77 bits per heavy atom. The van der Waals surface area contributed by atoms with Gasteiger partial charge in [-0.3, -0.25) is 9.79 Å². The molecule has 0 saturated carbocycles. The normalized spacial score (nSPS) is 10.3. The minimum atomic E-state index is 0.656. The van der Waals surface area contributed by atoms with Gasteiger partial charge < -0.3 is 4.74 Å². The zero-order chi connectivity index (χ0) is 9.68. The van der Waals surface area contributed by atoms with Gasteiger partial charge in [-0.05, 0) is 30.7 Å². The Bertz CT molecular complexity index is 332. The van der Waals surface area contributed by atoms with Crippen LogP contribution in [0.2, 0.25) is 0 Å². The van der Waals surface area contributed by atoms with Gasteiger partial charge in [0.25, 0.3) is 0 Å². The summed E-state index contributed by atoms with van der Waals surface area (Å²) in [5.74, 6) is 0.794. The van der Waals surface area contributed by atoms with Crippen LogP contribution in [-0.2, 0) is 4.79 Å². The average molecular weight is 177 g/mol. The maximum Gasteiger partial charge on any atom is 0.161 e. The van der Waals surface area contributed by atoms with Gasteiger partial charge in [-0.2, -0.15) is 0 Å². The topological polar surface area (TPSA) is 38.7 Å². The summed E-state index contributed by atoms with van der Waals surface area (Å²) in [6.45, 7) is 1.92. The number of ether oxygens (including phenoxy) is 1. The van der Waals surface area contributed by atoms with Gasteiger partial charge in [-0.25, -0.2) is 0 Å². The minimum Gasteiger partial charge on any atom is -0.497 e. The molecule has 0 unspecified atom stereocenters. The molecule has 0 radical (unpaired) electrons. The van der Waals surface area contributed by atoms with Gasteiger partial charge in [0.1, 0.15) is 5.75 Å². The Labute approximate surface area is 77.1 Å². The lowest BCUT2D eigenvalue weighted by Gasteiger charge is -2.02. The maximum atomic E-state index is 10.0. The first kappa shape index (κ1) is 9.45. The highest BCUT2D eigenvalue weighted by molar-refractivity contribution is 6.13. The van der Waals surface area contributed by atoms with Crippen molar-refractivity contribution in [1.82, 2.24) is 0 Å². The Kier molecular flexibility index (Phi) is 3.20. The second-order valence-electron chi connectivity index (χ2n) is 2.57. The molecule has 0 spiro atoms. The zero-order valence-corrected chi connectivity index (χ0v) is 7.65. The molecule has 13 heavy (non-hydrogen) atoms. The summed E-state index contributed by atoms with van der Waals surface area (Å²) in [4.78, 5) is 14.0. The van der Waals surface area contributed by atoms with E-state index in [1.54, 1.807) is 7.11 Å². The van der Waals surface area contributed by atoms with Crippen molar-refractivity contribution in [1.29, 1.82) is 0 Å². The lowest BCUT2D eigenvalue weighted by molar-refractivity contribution is -0.102. The standard InChI is InChI=1S/C10H11NO2/c1-8-7-9(13-2)3-4-10(8)11-5-6-12/h3-7H,1-2H3. The summed E-state index contributed by atoms with van der Waals surface area (Å²) < 4.78 is 5.03. The molecule has 0 aliphatic heterocycles. The van der Waals surface area contributed by atoms with Crippen LogP contribution in [0.5, 0.6) is 5.75 Å². The first-order chi connectivity index (χ1) is 6.27. The molecule has 3 heteroatoms. The number of carbonyl (C=O) groups is 1. The monoisotopic (exact) mass is 177 g/mol. The van der Waals surface area contributed by atoms with Gasteiger partial charge in [0.15, 0.2) is 6.29 Å². The average Bonchev–Trinajstić information content (AvgIpc) is 2.16. The molecule has 0 bridgehead atoms. The van der Waals surface area contributed by atoms with E-state index >= 15 is 0 Å². The highest BCUT2D eigenvalue weighted by atomic mass is 16.5. The van der Waals surface area contributed by atoms with Crippen LogP contribution in [0, 0.1) is 6.92 Å². The molecule has 0 N–H and O–H groups in total. The molecule has 1 aromatic carbocycles. The van der Waals surface area contributed by atoms with Gasteiger partial charge in [0.2, 0.25) is 0 Å². The van der Waals surface area contributed by atoms with Crippen molar-refractivity contribution in [3.05, 3.63) is 23.8 Å². The number of aryl methyl sites for hydroxylation is 1. The first-order valence-electron chi connectivity index (χ1n) is 3.90. The number of aldehydes is 1. The lowest BCUT2D eigenvalue weighted by atomic mass is 10.2. The van der Waals surface area contributed by atoms with Crippen molar-refractivity contribution >= 4 is 18.2 Å². The number of hydrogen-bond donors (Lipinski definition) is 0. The number of benzene rings is 1. The zero-order valence-electron chi connectivity index (χ0n) is 7.65. The number of rotatable bonds is 3.